The molecule has 0 spiro atoms. The first-order chi connectivity index (χ1) is 10.6. The Morgan fingerprint density at radius 2 is 1.82 bits per heavy atom. The minimum absolute atomic E-state index is 0.246. The molecule has 2 aromatic carbocycles. The number of carbonyl (C=O) groups is 2. The molecule has 0 atom stereocenters. The van der Waals surface area contributed by atoms with E-state index in [0.717, 1.165) is 16.8 Å². The van der Waals surface area contributed by atoms with Crippen molar-refractivity contribution in [2.75, 3.05) is 11.4 Å². The average Bonchev–Trinajstić information content (AvgIpc) is 2.48. The van der Waals surface area contributed by atoms with Crippen molar-refractivity contribution >= 4 is 17.6 Å². The van der Waals surface area contributed by atoms with Gasteiger partial charge < -0.3 is 0 Å². The van der Waals surface area contributed by atoms with Crippen LogP contribution in [0.2, 0.25) is 0 Å². The van der Waals surface area contributed by atoms with E-state index >= 15 is 0 Å². The molecule has 0 radical (unpaired) electrons. The van der Waals surface area contributed by atoms with Crippen LogP contribution in [0.25, 0.3) is 0 Å². The molecule has 0 bridgehead atoms. The van der Waals surface area contributed by atoms with Gasteiger partial charge in [0.1, 0.15) is 5.82 Å². The molecular formula is C17H15FN2O2. The quantitative estimate of drug-likeness (QED) is 0.947. The van der Waals surface area contributed by atoms with Gasteiger partial charge in [0, 0.05) is 18.7 Å². The number of benzene rings is 2. The zero-order valence-electron chi connectivity index (χ0n) is 11.9. The Bertz CT molecular complexity index is 713. The first-order valence-electron chi connectivity index (χ1n) is 7.06. The second kappa shape index (κ2) is 5.97. The van der Waals surface area contributed by atoms with Gasteiger partial charge in [-0.1, -0.05) is 24.3 Å². The van der Waals surface area contributed by atoms with Crippen molar-refractivity contribution in [1.29, 1.82) is 0 Å². The number of nitrogens with one attached hydrogen (secondary N) is 1. The number of imide groups is 1. The molecule has 2 aromatic rings. The lowest BCUT2D eigenvalue weighted by Gasteiger charge is -2.26. The number of nitrogens with zero attached hydrogens (tertiary/aromatic N) is 1. The summed E-state index contributed by atoms with van der Waals surface area (Å²) in [6, 6.07) is 13.6. The molecule has 1 aliphatic rings. The summed E-state index contributed by atoms with van der Waals surface area (Å²) in [5.74, 6) is -0.493. The summed E-state index contributed by atoms with van der Waals surface area (Å²) in [4.78, 5) is 24.5. The van der Waals surface area contributed by atoms with Gasteiger partial charge >= 0.3 is 6.03 Å². The molecule has 1 saturated heterocycles. The summed E-state index contributed by atoms with van der Waals surface area (Å²) in [6.45, 7) is 0.383. The smallest absolute Gasteiger partial charge is 0.294 e. The third-order valence-corrected chi connectivity index (χ3v) is 3.60. The number of amides is 3. The maximum absolute atomic E-state index is 13.2. The third-order valence-electron chi connectivity index (χ3n) is 3.60. The largest absolute Gasteiger partial charge is 0.328 e. The van der Waals surface area contributed by atoms with Gasteiger partial charge in [0.2, 0.25) is 5.91 Å². The molecule has 1 fully saturated rings. The Balaban J connectivity index is 1.73. The maximum atomic E-state index is 13.2. The van der Waals surface area contributed by atoms with Crippen molar-refractivity contribution in [2.24, 2.45) is 0 Å². The molecule has 22 heavy (non-hydrogen) atoms. The van der Waals surface area contributed by atoms with E-state index in [-0.39, 0.29) is 11.7 Å². The fourth-order valence-corrected chi connectivity index (χ4v) is 2.49. The Hall–Kier alpha value is -2.69. The first kappa shape index (κ1) is 14.3. The van der Waals surface area contributed by atoms with Gasteiger partial charge in [-0.05, 0) is 41.8 Å². The second-order valence-electron chi connectivity index (χ2n) is 5.23. The molecule has 1 N–H and O–H groups in total. The number of anilines is 1. The molecule has 3 rings (SSSR count). The SMILES string of the molecule is O=C1CCN(c2ccc(Cc3cccc(F)c3)cc2)C(=O)N1. The van der Waals surface area contributed by atoms with Crippen LogP contribution in [-0.2, 0) is 11.2 Å². The van der Waals surface area contributed by atoms with E-state index in [9.17, 15) is 14.0 Å². The van der Waals surface area contributed by atoms with E-state index in [4.69, 9.17) is 0 Å². The van der Waals surface area contributed by atoms with E-state index in [2.05, 4.69) is 5.32 Å². The van der Waals surface area contributed by atoms with Crippen LogP contribution in [0.3, 0.4) is 0 Å². The number of hydrogen-bond donors (Lipinski definition) is 1. The standard InChI is InChI=1S/C17H15FN2O2/c18-14-3-1-2-13(11-14)10-12-4-6-15(7-5-12)20-9-8-16(21)19-17(20)22/h1-7,11H,8-10H2,(H,19,21,22). The fraction of sp³-hybridized carbons (Fsp3) is 0.176. The lowest BCUT2D eigenvalue weighted by molar-refractivity contribution is -0.120. The summed E-state index contributed by atoms with van der Waals surface area (Å²) in [5.41, 5.74) is 2.67. The van der Waals surface area contributed by atoms with Gasteiger partial charge in [-0.2, -0.15) is 0 Å². The first-order valence-corrected chi connectivity index (χ1v) is 7.06. The van der Waals surface area contributed by atoms with Gasteiger partial charge in [-0.3, -0.25) is 15.0 Å². The van der Waals surface area contributed by atoms with Crippen LogP contribution in [-0.4, -0.2) is 18.5 Å². The van der Waals surface area contributed by atoms with Crippen molar-refractivity contribution in [1.82, 2.24) is 5.32 Å². The molecule has 4 nitrogen and oxygen atoms in total. The van der Waals surface area contributed by atoms with E-state index in [1.807, 2.05) is 30.3 Å². The molecule has 0 saturated carbocycles. The monoisotopic (exact) mass is 298 g/mol. The van der Waals surface area contributed by atoms with Crippen molar-refractivity contribution in [3.05, 3.63) is 65.5 Å². The van der Waals surface area contributed by atoms with Crippen LogP contribution >= 0.6 is 0 Å². The Morgan fingerprint density at radius 3 is 2.50 bits per heavy atom. The molecule has 1 aliphatic heterocycles. The molecular weight excluding hydrogens is 283 g/mol. The molecule has 112 valence electrons. The summed E-state index contributed by atoms with van der Waals surface area (Å²) in [6.07, 6.45) is 0.930. The Morgan fingerprint density at radius 1 is 1.05 bits per heavy atom. The van der Waals surface area contributed by atoms with Crippen molar-refractivity contribution < 1.29 is 14.0 Å². The highest BCUT2D eigenvalue weighted by molar-refractivity contribution is 6.05. The number of carbonyl (C=O) groups excluding carboxylic acids is 2. The van der Waals surface area contributed by atoms with Crippen LogP contribution in [0, 0.1) is 5.82 Å². The van der Waals surface area contributed by atoms with E-state index < -0.39 is 6.03 Å². The van der Waals surface area contributed by atoms with Gasteiger partial charge in [0.05, 0.1) is 0 Å². The maximum Gasteiger partial charge on any atom is 0.328 e. The summed E-state index contributed by atoms with van der Waals surface area (Å²) in [5, 5.41) is 2.29. The highest BCUT2D eigenvalue weighted by Gasteiger charge is 2.23. The third kappa shape index (κ3) is 3.14. The van der Waals surface area contributed by atoms with Crippen LogP contribution in [0.5, 0.6) is 0 Å². The van der Waals surface area contributed by atoms with E-state index in [1.54, 1.807) is 6.07 Å². The average molecular weight is 298 g/mol. The minimum Gasteiger partial charge on any atom is -0.294 e. The van der Waals surface area contributed by atoms with Gasteiger partial charge in [-0.25, -0.2) is 9.18 Å². The van der Waals surface area contributed by atoms with Crippen LogP contribution in [0.1, 0.15) is 17.5 Å². The number of rotatable bonds is 3. The summed E-state index contributed by atoms with van der Waals surface area (Å²) >= 11 is 0. The van der Waals surface area contributed by atoms with Crippen LogP contribution < -0.4 is 10.2 Å². The molecule has 1 heterocycles. The highest BCUT2D eigenvalue weighted by atomic mass is 19.1. The molecule has 5 heteroatoms. The predicted octanol–water partition coefficient (Wildman–Crippen LogP) is 2.86. The topological polar surface area (TPSA) is 49.4 Å². The predicted molar refractivity (Wildman–Crippen MR) is 81.1 cm³/mol. The minimum atomic E-state index is -0.394. The molecule has 3 amide bonds. The normalized spacial score (nSPS) is 14.9. The van der Waals surface area contributed by atoms with Gasteiger partial charge in [0.15, 0.2) is 0 Å². The number of halogens is 1. The Kier molecular flexibility index (Phi) is 3.87. The number of urea groups is 1. The highest BCUT2D eigenvalue weighted by Crippen LogP contribution is 2.19. The van der Waals surface area contributed by atoms with E-state index in [0.29, 0.717) is 19.4 Å². The summed E-state index contributed by atoms with van der Waals surface area (Å²) < 4.78 is 13.2. The van der Waals surface area contributed by atoms with Crippen LogP contribution in [0.15, 0.2) is 48.5 Å². The lowest BCUT2D eigenvalue weighted by atomic mass is 10.0. The molecule has 0 aliphatic carbocycles. The van der Waals surface area contributed by atoms with E-state index in [1.165, 1.54) is 17.0 Å². The zero-order chi connectivity index (χ0) is 15.5. The van der Waals surface area contributed by atoms with Gasteiger partial charge in [-0.15, -0.1) is 0 Å². The van der Waals surface area contributed by atoms with Crippen molar-refractivity contribution in [2.45, 2.75) is 12.8 Å². The fourth-order valence-electron chi connectivity index (χ4n) is 2.49. The second-order valence-corrected chi connectivity index (χ2v) is 5.23. The Labute approximate surface area is 127 Å². The van der Waals surface area contributed by atoms with Crippen molar-refractivity contribution in [3.8, 4) is 0 Å². The number of hydrogen-bond acceptors (Lipinski definition) is 2. The molecule has 0 aromatic heterocycles. The van der Waals surface area contributed by atoms with Crippen LogP contribution in [0.4, 0.5) is 14.9 Å². The lowest BCUT2D eigenvalue weighted by Crippen LogP contribution is -2.49. The zero-order valence-corrected chi connectivity index (χ0v) is 11.9. The molecule has 0 unspecified atom stereocenters. The van der Waals surface area contributed by atoms with Crippen molar-refractivity contribution in [3.63, 3.8) is 0 Å². The van der Waals surface area contributed by atoms with Gasteiger partial charge in [0.25, 0.3) is 0 Å². The summed E-state index contributed by atoms with van der Waals surface area (Å²) in [7, 11) is 0.